The monoisotopic (exact) mass is 497 g/mol. The Morgan fingerprint density at radius 3 is 1.85 bits per heavy atom. The predicted molar refractivity (Wildman–Crippen MR) is 118 cm³/mol. The number of sulfonamides is 1. The van der Waals surface area contributed by atoms with E-state index >= 15 is 0 Å². The van der Waals surface area contributed by atoms with E-state index in [4.69, 9.17) is 16.6 Å². The minimum atomic E-state index is -4.61. The SMILES string of the molecule is Cc1ccc(-c2cc(C(F)(F)F)nn2-c2ccc(S(N)(=O)=O)cc2)cc1.NC(=O)CCC(N)=O. The zero-order valence-electron chi connectivity index (χ0n) is 17.9. The van der Waals surface area contributed by atoms with Crippen molar-refractivity contribution in [1.82, 2.24) is 9.78 Å². The molecule has 6 N–H and O–H groups in total. The van der Waals surface area contributed by atoms with Crippen molar-refractivity contribution >= 4 is 21.8 Å². The van der Waals surface area contributed by atoms with E-state index in [2.05, 4.69) is 5.10 Å². The van der Waals surface area contributed by atoms with Crippen LogP contribution < -0.4 is 16.6 Å². The van der Waals surface area contributed by atoms with Crippen LogP contribution in [0.5, 0.6) is 0 Å². The highest BCUT2D eigenvalue weighted by molar-refractivity contribution is 7.89. The summed E-state index contributed by atoms with van der Waals surface area (Å²) in [7, 11) is -3.90. The van der Waals surface area contributed by atoms with Crippen LogP contribution in [0.3, 0.4) is 0 Å². The Hall–Kier alpha value is -3.71. The zero-order chi connectivity index (χ0) is 25.7. The van der Waals surface area contributed by atoms with Crippen LogP contribution in [-0.4, -0.2) is 30.0 Å². The van der Waals surface area contributed by atoms with Gasteiger partial charge >= 0.3 is 6.18 Å². The van der Waals surface area contributed by atoms with Crippen molar-refractivity contribution in [3.63, 3.8) is 0 Å². The average Bonchev–Trinajstić information content (AvgIpc) is 3.19. The average molecular weight is 497 g/mol. The van der Waals surface area contributed by atoms with Crippen LogP contribution in [0.4, 0.5) is 13.2 Å². The Bertz CT molecular complexity index is 1260. The van der Waals surface area contributed by atoms with Gasteiger partial charge < -0.3 is 11.5 Å². The molecule has 0 unspecified atom stereocenters. The molecule has 13 heteroatoms. The van der Waals surface area contributed by atoms with Gasteiger partial charge in [-0.15, -0.1) is 0 Å². The molecule has 0 saturated heterocycles. The van der Waals surface area contributed by atoms with Gasteiger partial charge in [-0.2, -0.15) is 18.3 Å². The number of benzene rings is 2. The summed E-state index contributed by atoms with van der Waals surface area (Å²) < 4.78 is 63.2. The van der Waals surface area contributed by atoms with Gasteiger partial charge in [0.05, 0.1) is 16.3 Å². The number of hydrogen-bond donors (Lipinski definition) is 3. The lowest BCUT2D eigenvalue weighted by Crippen LogP contribution is -2.16. The van der Waals surface area contributed by atoms with E-state index in [0.717, 1.165) is 16.3 Å². The van der Waals surface area contributed by atoms with Gasteiger partial charge in [0.2, 0.25) is 21.8 Å². The molecule has 0 saturated carbocycles. The lowest BCUT2D eigenvalue weighted by Gasteiger charge is -2.09. The molecule has 0 spiro atoms. The number of primary amides is 2. The van der Waals surface area contributed by atoms with Crippen molar-refractivity contribution in [2.24, 2.45) is 16.6 Å². The molecule has 1 heterocycles. The van der Waals surface area contributed by atoms with E-state index in [-0.39, 0.29) is 29.1 Å². The summed E-state index contributed by atoms with van der Waals surface area (Å²) in [4.78, 5) is 19.7. The third-order valence-electron chi connectivity index (χ3n) is 4.37. The highest BCUT2D eigenvalue weighted by Crippen LogP contribution is 2.33. The fourth-order valence-electron chi connectivity index (χ4n) is 2.67. The lowest BCUT2D eigenvalue weighted by molar-refractivity contribution is -0.141. The third-order valence-corrected chi connectivity index (χ3v) is 5.30. The van der Waals surface area contributed by atoms with Gasteiger partial charge in [0, 0.05) is 18.4 Å². The van der Waals surface area contributed by atoms with Gasteiger partial charge in [-0.3, -0.25) is 9.59 Å². The summed E-state index contributed by atoms with van der Waals surface area (Å²) in [5, 5.41) is 8.70. The van der Waals surface area contributed by atoms with Gasteiger partial charge in [-0.05, 0) is 37.3 Å². The van der Waals surface area contributed by atoms with Crippen LogP contribution >= 0.6 is 0 Å². The van der Waals surface area contributed by atoms with Gasteiger partial charge in [-0.1, -0.05) is 29.8 Å². The molecule has 0 bridgehead atoms. The number of carbonyl (C=O) groups is 2. The lowest BCUT2D eigenvalue weighted by atomic mass is 10.1. The standard InChI is InChI=1S/C17H14F3N3O2S.C4H8N2O2/c1-11-2-4-12(5-3-11)15-10-16(17(18,19)20)22-23(15)13-6-8-14(9-7-13)26(21,24)25;5-3(7)1-2-4(6)8/h2-10H,1H3,(H2,21,24,25);1-2H2,(H2,5,7)(H2,6,8). The quantitative estimate of drug-likeness (QED) is 0.475. The predicted octanol–water partition coefficient (Wildman–Crippen LogP) is 2.25. The Morgan fingerprint density at radius 2 is 1.44 bits per heavy atom. The van der Waals surface area contributed by atoms with Crippen molar-refractivity contribution in [3.05, 3.63) is 65.9 Å². The van der Waals surface area contributed by atoms with Crippen LogP contribution in [0.25, 0.3) is 16.9 Å². The molecule has 2 aromatic carbocycles. The Balaban J connectivity index is 0.000000440. The highest BCUT2D eigenvalue weighted by Gasteiger charge is 2.35. The molecular weight excluding hydrogens is 475 g/mol. The molecule has 3 aromatic rings. The van der Waals surface area contributed by atoms with E-state index in [9.17, 15) is 31.2 Å². The molecule has 0 aliphatic carbocycles. The summed E-state index contributed by atoms with van der Waals surface area (Å²) in [5.41, 5.74) is 10.4. The number of aromatic nitrogens is 2. The normalized spacial score (nSPS) is 11.4. The van der Waals surface area contributed by atoms with E-state index in [1.54, 1.807) is 24.3 Å². The Kier molecular flexibility index (Phi) is 8.18. The summed E-state index contributed by atoms with van der Waals surface area (Å²) >= 11 is 0. The van der Waals surface area contributed by atoms with Crippen LogP contribution in [0.2, 0.25) is 0 Å². The molecule has 182 valence electrons. The second kappa shape index (κ2) is 10.5. The summed E-state index contributed by atoms with van der Waals surface area (Å²) in [6.07, 6.45) is -4.50. The highest BCUT2D eigenvalue weighted by atomic mass is 32.2. The van der Waals surface area contributed by atoms with E-state index in [1.807, 2.05) is 6.92 Å². The maximum atomic E-state index is 13.1. The van der Waals surface area contributed by atoms with Crippen LogP contribution in [0.1, 0.15) is 24.1 Å². The van der Waals surface area contributed by atoms with Gasteiger partial charge in [-0.25, -0.2) is 18.2 Å². The van der Waals surface area contributed by atoms with Crippen LogP contribution in [-0.2, 0) is 25.8 Å². The number of halogens is 3. The van der Waals surface area contributed by atoms with Crippen molar-refractivity contribution in [2.75, 3.05) is 0 Å². The Labute approximate surface area is 193 Å². The molecule has 0 radical (unpaired) electrons. The zero-order valence-corrected chi connectivity index (χ0v) is 18.7. The van der Waals surface area contributed by atoms with Crippen molar-refractivity contribution in [2.45, 2.75) is 30.8 Å². The van der Waals surface area contributed by atoms with Crippen molar-refractivity contribution in [1.29, 1.82) is 0 Å². The number of hydrogen-bond acceptors (Lipinski definition) is 5. The fraction of sp³-hybridized carbons (Fsp3) is 0.190. The molecule has 0 atom stereocenters. The topological polar surface area (TPSA) is 164 Å². The van der Waals surface area contributed by atoms with Crippen LogP contribution in [0.15, 0.2) is 59.5 Å². The third kappa shape index (κ3) is 7.42. The number of alkyl halides is 3. The van der Waals surface area contributed by atoms with Gasteiger partial charge in [0.25, 0.3) is 0 Å². The largest absolute Gasteiger partial charge is 0.435 e. The number of amides is 2. The molecule has 0 fully saturated rings. The fourth-order valence-corrected chi connectivity index (χ4v) is 3.19. The second-order valence-corrected chi connectivity index (χ2v) is 8.72. The summed E-state index contributed by atoms with van der Waals surface area (Å²) in [6, 6.07) is 13.1. The maximum absolute atomic E-state index is 13.1. The number of nitrogens with two attached hydrogens (primary N) is 3. The summed E-state index contributed by atoms with van der Waals surface area (Å²) in [5.74, 6) is -0.993. The molecule has 1 aromatic heterocycles. The Morgan fingerprint density at radius 1 is 0.941 bits per heavy atom. The molecule has 0 aliphatic heterocycles. The molecule has 0 aliphatic rings. The van der Waals surface area contributed by atoms with E-state index < -0.39 is 33.7 Å². The first-order valence-electron chi connectivity index (χ1n) is 9.62. The number of aryl methyl sites for hydroxylation is 1. The number of primary sulfonamides is 1. The van der Waals surface area contributed by atoms with Gasteiger partial charge in [0.15, 0.2) is 5.69 Å². The first kappa shape index (κ1) is 26.5. The number of rotatable bonds is 6. The van der Waals surface area contributed by atoms with E-state index in [1.165, 1.54) is 24.3 Å². The minimum absolute atomic E-state index is 0.0509. The minimum Gasteiger partial charge on any atom is -0.370 e. The molecule has 9 nitrogen and oxygen atoms in total. The van der Waals surface area contributed by atoms with Gasteiger partial charge in [0.1, 0.15) is 0 Å². The number of carbonyl (C=O) groups excluding carboxylic acids is 2. The maximum Gasteiger partial charge on any atom is 0.435 e. The molecule has 34 heavy (non-hydrogen) atoms. The van der Waals surface area contributed by atoms with Crippen LogP contribution in [0, 0.1) is 6.92 Å². The number of nitrogens with zero attached hydrogens (tertiary/aromatic N) is 2. The van der Waals surface area contributed by atoms with Crippen molar-refractivity contribution in [3.8, 4) is 16.9 Å². The van der Waals surface area contributed by atoms with Crippen molar-refractivity contribution < 1.29 is 31.2 Å². The smallest absolute Gasteiger partial charge is 0.370 e. The second-order valence-electron chi connectivity index (χ2n) is 7.16. The van der Waals surface area contributed by atoms with E-state index in [0.29, 0.717) is 5.56 Å². The summed E-state index contributed by atoms with van der Waals surface area (Å²) in [6.45, 7) is 1.87. The molecule has 3 rings (SSSR count). The first-order valence-corrected chi connectivity index (χ1v) is 11.2. The molecular formula is C21H22F3N5O4S. The first-order chi connectivity index (χ1) is 15.7. The molecule has 2 amide bonds.